The van der Waals surface area contributed by atoms with Gasteiger partial charge in [0.15, 0.2) is 5.75 Å². The van der Waals surface area contributed by atoms with Gasteiger partial charge in [-0.2, -0.15) is 0 Å². The molecule has 0 spiro atoms. The normalized spacial score (nSPS) is 10.0. The third kappa shape index (κ3) is 2.93. The van der Waals surface area contributed by atoms with E-state index < -0.39 is 16.4 Å². The molecule has 0 aliphatic heterocycles. The Morgan fingerprint density at radius 2 is 2.18 bits per heavy atom. The lowest BCUT2D eigenvalue weighted by Crippen LogP contribution is -2.27. The molecule has 92 valence electrons. The fourth-order valence-corrected chi connectivity index (χ4v) is 1.47. The summed E-state index contributed by atoms with van der Waals surface area (Å²) in [7, 11) is 1.64. The molecule has 1 aromatic carbocycles. The number of aromatic hydroxyl groups is 1. The molecule has 1 N–H and O–H groups in total. The topological polar surface area (TPSA) is 83.7 Å². The zero-order valence-corrected chi connectivity index (χ0v) is 9.71. The first-order valence-electron chi connectivity index (χ1n) is 5.20. The minimum atomic E-state index is -0.695. The number of hydrogen-bond acceptors (Lipinski definition) is 4. The van der Waals surface area contributed by atoms with Crippen LogP contribution in [-0.2, 0) is 0 Å². The Hall–Kier alpha value is -2.11. The van der Waals surface area contributed by atoms with Crippen LogP contribution in [0.1, 0.15) is 23.7 Å². The Kier molecular flexibility index (Phi) is 4.03. The quantitative estimate of drug-likeness (QED) is 0.640. The second-order valence-electron chi connectivity index (χ2n) is 3.69. The first-order valence-corrected chi connectivity index (χ1v) is 5.20. The largest absolute Gasteiger partial charge is 0.502 e. The fourth-order valence-electron chi connectivity index (χ4n) is 1.47. The number of phenols is 1. The van der Waals surface area contributed by atoms with E-state index in [-0.39, 0.29) is 11.5 Å². The average molecular weight is 238 g/mol. The molecule has 0 aliphatic rings. The minimum Gasteiger partial charge on any atom is -0.502 e. The Morgan fingerprint density at radius 3 is 2.65 bits per heavy atom. The maximum atomic E-state index is 11.8. The monoisotopic (exact) mass is 238 g/mol. The molecule has 0 saturated heterocycles. The number of nitrogens with zero attached hydrogens (tertiary/aromatic N) is 2. The van der Waals surface area contributed by atoms with E-state index in [4.69, 9.17) is 0 Å². The van der Waals surface area contributed by atoms with Crippen LogP contribution in [-0.4, -0.2) is 34.4 Å². The lowest BCUT2D eigenvalue weighted by atomic mass is 10.1. The molecule has 6 heteroatoms. The van der Waals surface area contributed by atoms with Crippen LogP contribution in [0.25, 0.3) is 0 Å². The Balaban J connectivity index is 2.97. The summed E-state index contributed by atoms with van der Waals surface area (Å²) < 4.78 is 0. The smallest absolute Gasteiger partial charge is 0.310 e. The Morgan fingerprint density at radius 1 is 1.53 bits per heavy atom. The molecule has 0 fully saturated rings. The molecule has 6 nitrogen and oxygen atoms in total. The molecule has 1 amide bonds. The highest BCUT2D eigenvalue weighted by molar-refractivity contribution is 5.94. The number of rotatable bonds is 4. The van der Waals surface area contributed by atoms with Gasteiger partial charge >= 0.3 is 5.69 Å². The number of carbonyl (C=O) groups is 1. The van der Waals surface area contributed by atoms with Crippen molar-refractivity contribution >= 4 is 11.6 Å². The van der Waals surface area contributed by atoms with Crippen LogP contribution in [0.3, 0.4) is 0 Å². The highest BCUT2D eigenvalue weighted by Crippen LogP contribution is 2.26. The number of hydrogen-bond donors (Lipinski definition) is 1. The molecule has 0 heterocycles. The number of nitro benzene ring substituents is 1. The van der Waals surface area contributed by atoms with Crippen molar-refractivity contribution in [2.45, 2.75) is 13.3 Å². The summed E-state index contributed by atoms with van der Waals surface area (Å²) in [6, 6.07) is 3.58. The second kappa shape index (κ2) is 5.29. The number of carbonyl (C=O) groups excluding carboxylic acids is 1. The van der Waals surface area contributed by atoms with E-state index in [9.17, 15) is 20.0 Å². The molecule has 0 unspecified atom stereocenters. The van der Waals surface area contributed by atoms with E-state index in [0.717, 1.165) is 18.6 Å². The number of amides is 1. The van der Waals surface area contributed by atoms with Crippen molar-refractivity contribution in [1.82, 2.24) is 4.90 Å². The molecular weight excluding hydrogens is 224 g/mol. The van der Waals surface area contributed by atoms with Crippen LogP contribution in [0, 0.1) is 10.1 Å². The van der Waals surface area contributed by atoms with Crippen molar-refractivity contribution in [3.05, 3.63) is 33.9 Å². The van der Waals surface area contributed by atoms with Gasteiger partial charge in [-0.1, -0.05) is 6.92 Å². The molecular formula is C11H14N2O4. The summed E-state index contributed by atoms with van der Waals surface area (Å²) in [6.45, 7) is 2.54. The van der Waals surface area contributed by atoms with Gasteiger partial charge in [0.2, 0.25) is 0 Å². The zero-order valence-electron chi connectivity index (χ0n) is 9.71. The molecule has 0 aromatic heterocycles. The Bertz CT molecular complexity index is 445. The molecule has 0 aliphatic carbocycles. The summed E-state index contributed by atoms with van der Waals surface area (Å²) in [5, 5.41) is 19.9. The van der Waals surface area contributed by atoms with Crippen LogP contribution in [0.5, 0.6) is 5.75 Å². The molecule has 0 radical (unpaired) electrons. The molecule has 17 heavy (non-hydrogen) atoms. The predicted molar refractivity (Wildman–Crippen MR) is 62.0 cm³/mol. The fraction of sp³-hybridized carbons (Fsp3) is 0.364. The van der Waals surface area contributed by atoms with E-state index >= 15 is 0 Å². The highest BCUT2D eigenvalue weighted by Gasteiger charge is 2.17. The highest BCUT2D eigenvalue weighted by atomic mass is 16.6. The maximum Gasteiger partial charge on any atom is 0.310 e. The van der Waals surface area contributed by atoms with Gasteiger partial charge in [0.1, 0.15) is 0 Å². The summed E-state index contributed by atoms with van der Waals surface area (Å²) in [5.41, 5.74) is -0.163. The standard InChI is InChI=1S/C11H14N2O4/c1-3-6-12(2)11(15)8-4-5-9(13(16)17)10(14)7-8/h4-5,7,14H,3,6H2,1-2H3. The summed E-state index contributed by atoms with van der Waals surface area (Å²) in [4.78, 5) is 23.1. The Labute approximate surface area is 98.6 Å². The second-order valence-corrected chi connectivity index (χ2v) is 3.69. The van der Waals surface area contributed by atoms with Crippen molar-refractivity contribution < 1.29 is 14.8 Å². The first kappa shape index (κ1) is 13.0. The van der Waals surface area contributed by atoms with Gasteiger partial charge in [0.05, 0.1) is 4.92 Å². The molecule has 0 atom stereocenters. The van der Waals surface area contributed by atoms with Crippen LogP contribution in [0.15, 0.2) is 18.2 Å². The SMILES string of the molecule is CCCN(C)C(=O)c1ccc([N+](=O)[O-])c(O)c1. The van der Waals surface area contributed by atoms with E-state index in [2.05, 4.69) is 0 Å². The van der Waals surface area contributed by atoms with Crippen molar-refractivity contribution in [2.75, 3.05) is 13.6 Å². The molecule has 1 rings (SSSR count). The van der Waals surface area contributed by atoms with Gasteiger partial charge in [-0.05, 0) is 18.6 Å². The van der Waals surface area contributed by atoms with Crippen LogP contribution in [0.4, 0.5) is 5.69 Å². The predicted octanol–water partition coefficient (Wildman–Crippen LogP) is 1.78. The number of nitro groups is 1. The summed E-state index contributed by atoms with van der Waals surface area (Å²) in [6.07, 6.45) is 0.821. The zero-order chi connectivity index (χ0) is 13.0. The summed E-state index contributed by atoms with van der Waals surface area (Å²) in [5.74, 6) is -0.761. The average Bonchev–Trinajstić information content (AvgIpc) is 2.27. The van der Waals surface area contributed by atoms with Gasteiger partial charge < -0.3 is 10.0 Å². The van der Waals surface area contributed by atoms with E-state index in [1.54, 1.807) is 7.05 Å². The van der Waals surface area contributed by atoms with Gasteiger partial charge in [-0.3, -0.25) is 14.9 Å². The molecule has 1 aromatic rings. The lowest BCUT2D eigenvalue weighted by Gasteiger charge is -2.15. The number of phenolic OH excluding ortho intramolecular Hbond substituents is 1. The van der Waals surface area contributed by atoms with Crippen molar-refractivity contribution in [1.29, 1.82) is 0 Å². The molecule has 0 saturated carbocycles. The third-order valence-electron chi connectivity index (χ3n) is 2.32. The molecule has 0 bridgehead atoms. The van der Waals surface area contributed by atoms with Crippen molar-refractivity contribution in [3.63, 3.8) is 0 Å². The van der Waals surface area contributed by atoms with Crippen molar-refractivity contribution in [3.8, 4) is 5.75 Å². The van der Waals surface area contributed by atoms with E-state index in [1.807, 2.05) is 6.92 Å². The maximum absolute atomic E-state index is 11.8. The van der Waals surface area contributed by atoms with Crippen LogP contribution in [0.2, 0.25) is 0 Å². The van der Waals surface area contributed by atoms with Gasteiger partial charge in [0.25, 0.3) is 5.91 Å². The summed E-state index contributed by atoms with van der Waals surface area (Å²) >= 11 is 0. The van der Waals surface area contributed by atoms with E-state index in [0.29, 0.717) is 6.54 Å². The lowest BCUT2D eigenvalue weighted by molar-refractivity contribution is -0.385. The number of benzene rings is 1. The van der Waals surface area contributed by atoms with Crippen LogP contribution >= 0.6 is 0 Å². The minimum absolute atomic E-state index is 0.240. The van der Waals surface area contributed by atoms with Crippen molar-refractivity contribution in [2.24, 2.45) is 0 Å². The van der Waals surface area contributed by atoms with E-state index in [1.165, 1.54) is 11.0 Å². The van der Waals surface area contributed by atoms with Crippen LogP contribution < -0.4 is 0 Å². The van der Waals surface area contributed by atoms with Gasteiger partial charge in [0, 0.05) is 25.2 Å². The third-order valence-corrected chi connectivity index (χ3v) is 2.32. The van der Waals surface area contributed by atoms with Gasteiger partial charge in [-0.25, -0.2) is 0 Å². The van der Waals surface area contributed by atoms with Gasteiger partial charge in [-0.15, -0.1) is 0 Å². The first-order chi connectivity index (χ1) is 7.97.